The van der Waals surface area contributed by atoms with Crippen molar-refractivity contribution in [2.45, 2.75) is 6.85 Å². The first-order chi connectivity index (χ1) is 4.52. The standard InChI is InChI=1S/C5H5BrO/c1-4-2-7-3-5(4)6/h2-3H,1H3/i1D3. The van der Waals surface area contributed by atoms with E-state index in [0.29, 0.717) is 4.47 Å². The van der Waals surface area contributed by atoms with Crippen LogP contribution < -0.4 is 0 Å². The van der Waals surface area contributed by atoms with Crippen molar-refractivity contribution in [3.63, 3.8) is 0 Å². The van der Waals surface area contributed by atoms with Gasteiger partial charge in [0.1, 0.15) is 6.26 Å². The minimum absolute atomic E-state index is 0.215. The molecule has 38 valence electrons. The summed E-state index contributed by atoms with van der Waals surface area (Å²) in [7, 11) is 0. The molecular weight excluding hydrogens is 156 g/mol. The van der Waals surface area contributed by atoms with Crippen molar-refractivity contribution in [2.24, 2.45) is 0 Å². The Hall–Kier alpha value is -0.240. The summed E-state index contributed by atoms with van der Waals surface area (Å²) < 4.78 is 26.1. The van der Waals surface area contributed by atoms with Crippen molar-refractivity contribution >= 4 is 15.9 Å². The molecule has 1 aromatic rings. The van der Waals surface area contributed by atoms with E-state index < -0.39 is 6.85 Å². The fraction of sp³-hybridized carbons (Fsp3) is 0.200. The van der Waals surface area contributed by atoms with Gasteiger partial charge in [0, 0.05) is 9.68 Å². The van der Waals surface area contributed by atoms with Crippen LogP contribution in [0.1, 0.15) is 9.68 Å². The molecule has 0 radical (unpaired) electrons. The minimum Gasteiger partial charge on any atom is -0.471 e. The summed E-state index contributed by atoms with van der Waals surface area (Å²) in [6.45, 7) is -2.08. The van der Waals surface area contributed by atoms with Gasteiger partial charge in [-0.2, -0.15) is 0 Å². The van der Waals surface area contributed by atoms with E-state index in [1.807, 2.05) is 0 Å². The largest absolute Gasteiger partial charge is 0.471 e. The molecule has 2 heteroatoms. The number of hydrogen-bond donors (Lipinski definition) is 0. The molecule has 0 aliphatic carbocycles. The van der Waals surface area contributed by atoms with Gasteiger partial charge in [0.05, 0.1) is 10.7 Å². The van der Waals surface area contributed by atoms with Gasteiger partial charge in [0.25, 0.3) is 0 Å². The fourth-order valence-electron chi connectivity index (χ4n) is 0.282. The maximum absolute atomic E-state index is 6.97. The van der Waals surface area contributed by atoms with E-state index in [9.17, 15) is 0 Å². The van der Waals surface area contributed by atoms with Gasteiger partial charge in [0.2, 0.25) is 0 Å². The average Bonchev–Trinajstić information content (AvgIpc) is 2.11. The smallest absolute Gasteiger partial charge is 0.105 e. The molecule has 1 nitrogen and oxygen atoms in total. The molecule has 0 saturated carbocycles. The highest BCUT2D eigenvalue weighted by Crippen LogP contribution is 2.14. The van der Waals surface area contributed by atoms with Crippen LogP contribution in [0.3, 0.4) is 0 Å². The Bertz CT molecular complexity index is 227. The zero-order valence-electron chi connectivity index (χ0n) is 6.44. The molecule has 0 unspecified atom stereocenters. The normalized spacial score (nSPS) is 17.6. The van der Waals surface area contributed by atoms with Crippen LogP contribution in [0.4, 0.5) is 0 Å². The van der Waals surface area contributed by atoms with Gasteiger partial charge < -0.3 is 4.42 Å². The zero-order valence-corrected chi connectivity index (χ0v) is 5.03. The molecule has 0 amide bonds. The number of hydrogen-bond acceptors (Lipinski definition) is 1. The van der Waals surface area contributed by atoms with Crippen LogP contribution in [0.5, 0.6) is 0 Å². The average molecular weight is 164 g/mol. The summed E-state index contributed by atoms with van der Waals surface area (Å²) in [5, 5.41) is 0. The first kappa shape index (κ1) is 2.35. The van der Waals surface area contributed by atoms with E-state index >= 15 is 0 Å². The van der Waals surface area contributed by atoms with E-state index in [1.54, 1.807) is 0 Å². The van der Waals surface area contributed by atoms with Crippen molar-refractivity contribution < 1.29 is 8.53 Å². The Morgan fingerprint density at radius 1 is 1.86 bits per heavy atom. The number of halogens is 1. The third kappa shape index (κ3) is 0.855. The van der Waals surface area contributed by atoms with E-state index in [-0.39, 0.29) is 5.56 Å². The van der Waals surface area contributed by atoms with Crippen LogP contribution in [0.25, 0.3) is 0 Å². The molecule has 0 aromatic carbocycles. The maximum atomic E-state index is 6.97. The summed E-state index contributed by atoms with van der Waals surface area (Å²) in [4.78, 5) is 0. The van der Waals surface area contributed by atoms with Gasteiger partial charge in [-0.25, -0.2) is 0 Å². The summed E-state index contributed by atoms with van der Waals surface area (Å²) in [6, 6.07) is 0. The first-order valence-corrected chi connectivity index (χ1v) is 2.53. The minimum atomic E-state index is -2.08. The topological polar surface area (TPSA) is 13.1 Å². The molecule has 0 fully saturated rings. The lowest BCUT2D eigenvalue weighted by Gasteiger charge is -1.74. The Balaban J connectivity index is 3.05. The number of furan rings is 1. The Kier molecular flexibility index (Phi) is 0.572. The number of rotatable bonds is 0. The molecule has 0 aliphatic rings. The molecular formula is C5H5BrO. The van der Waals surface area contributed by atoms with Crippen molar-refractivity contribution in [3.05, 3.63) is 22.6 Å². The van der Waals surface area contributed by atoms with Crippen LogP contribution in [0, 0.1) is 6.85 Å². The molecule has 1 heterocycles. The fourth-order valence-corrected chi connectivity index (χ4v) is 0.483. The van der Waals surface area contributed by atoms with E-state index in [2.05, 4.69) is 20.3 Å². The van der Waals surface area contributed by atoms with Gasteiger partial charge in [-0.3, -0.25) is 0 Å². The van der Waals surface area contributed by atoms with Gasteiger partial charge in [-0.1, -0.05) is 0 Å². The summed E-state index contributed by atoms with van der Waals surface area (Å²) in [5.41, 5.74) is 0.215. The highest BCUT2D eigenvalue weighted by atomic mass is 79.9. The second-order valence-corrected chi connectivity index (χ2v) is 1.99. The van der Waals surface area contributed by atoms with Crippen LogP contribution >= 0.6 is 15.9 Å². The molecule has 7 heavy (non-hydrogen) atoms. The molecule has 0 atom stereocenters. The van der Waals surface area contributed by atoms with E-state index in [0.717, 1.165) is 0 Å². The first-order valence-electron chi connectivity index (χ1n) is 3.24. The van der Waals surface area contributed by atoms with Crippen molar-refractivity contribution in [3.8, 4) is 0 Å². The summed E-state index contributed by atoms with van der Waals surface area (Å²) in [6.07, 6.45) is 2.57. The second-order valence-electron chi connectivity index (χ2n) is 1.13. The van der Waals surface area contributed by atoms with Crippen LogP contribution in [0.2, 0.25) is 0 Å². The highest BCUT2D eigenvalue weighted by Gasteiger charge is 1.90. The van der Waals surface area contributed by atoms with Crippen molar-refractivity contribution in [2.75, 3.05) is 0 Å². The van der Waals surface area contributed by atoms with Gasteiger partial charge in [-0.05, 0) is 22.8 Å². The Labute approximate surface area is 54.7 Å². The molecule has 1 rings (SSSR count). The summed E-state index contributed by atoms with van der Waals surface area (Å²) >= 11 is 3.05. The Morgan fingerprint density at radius 3 is 3.00 bits per heavy atom. The maximum Gasteiger partial charge on any atom is 0.105 e. The molecule has 0 bridgehead atoms. The molecule has 0 aliphatic heterocycles. The van der Waals surface area contributed by atoms with Crippen molar-refractivity contribution in [1.29, 1.82) is 0 Å². The lowest BCUT2D eigenvalue weighted by molar-refractivity contribution is 0.564. The number of aryl methyl sites for hydroxylation is 1. The quantitative estimate of drug-likeness (QED) is 0.573. The summed E-state index contributed by atoms with van der Waals surface area (Å²) in [5.74, 6) is 0. The van der Waals surface area contributed by atoms with Gasteiger partial charge >= 0.3 is 0 Å². The van der Waals surface area contributed by atoms with Gasteiger partial charge in [-0.15, -0.1) is 0 Å². The van der Waals surface area contributed by atoms with Crippen molar-refractivity contribution in [1.82, 2.24) is 0 Å². The Morgan fingerprint density at radius 2 is 2.71 bits per heavy atom. The third-order valence-electron chi connectivity index (χ3n) is 0.615. The molecule has 0 spiro atoms. The van der Waals surface area contributed by atoms with Crippen LogP contribution in [0.15, 0.2) is 21.4 Å². The van der Waals surface area contributed by atoms with E-state index in [4.69, 9.17) is 4.11 Å². The third-order valence-corrected chi connectivity index (χ3v) is 1.23. The zero-order chi connectivity index (χ0) is 7.78. The van der Waals surface area contributed by atoms with Crippen LogP contribution in [-0.2, 0) is 0 Å². The lowest BCUT2D eigenvalue weighted by Crippen LogP contribution is -1.56. The highest BCUT2D eigenvalue weighted by molar-refractivity contribution is 9.10. The second kappa shape index (κ2) is 1.70. The molecule has 0 saturated heterocycles. The molecule has 0 N–H and O–H groups in total. The molecule has 1 aromatic heterocycles. The van der Waals surface area contributed by atoms with E-state index in [1.165, 1.54) is 12.5 Å². The predicted molar refractivity (Wildman–Crippen MR) is 31.1 cm³/mol. The predicted octanol–water partition coefficient (Wildman–Crippen LogP) is 2.35. The lowest BCUT2D eigenvalue weighted by atomic mass is 10.4. The monoisotopic (exact) mass is 163 g/mol. The van der Waals surface area contributed by atoms with Crippen LogP contribution in [-0.4, -0.2) is 0 Å². The SMILES string of the molecule is [2H]C([2H])([2H])c1cocc1Br. The van der Waals surface area contributed by atoms with Gasteiger partial charge in [0.15, 0.2) is 0 Å².